The van der Waals surface area contributed by atoms with Gasteiger partial charge >= 0.3 is 0 Å². The van der Waals surface area contributed by atoms with Crippen LogP contribution in [0.25, 0.3) is 10.8 Å². The van der Waals surface area contributed by atoms with Crippen molar-refractivity contribution in [3.05, 3.63) is 70.9 Å². The van der Waals surface area contributed by atoms with E-state index in [4.69, 9.17) is 14.2 Å². The van der Waals surface area contributed by atoms with Crippen LogP contribution in [0.2, 0.25) is 0 Å². The third-order valence-electron chi connectivity index (χ3n) is 5.75. The minimum atomic E-state index is -0.211. The molecule has 6 heteroatoms. The van der Waals surface area contributed by atoms with Crippen LogP contribution < -0.4 is 19.5 Å². The van der Waals surface area contributed by atoms with E-state index >= 15 is 0 Å². The highest BCUT2D eigenvalue weighted by molar-refractivity contribution is 8.14. The molecular formula is C24H21NO4S. The van der Waals surface area contributed by atoms with Crippen molar-refractivity contribution < 1.29 is 19.0 Å². The molecular weight excluding hydrogens is 398 g/mol. The molecule has 2 heterocycles. The zero-order valence-electron chi connectivity index (χ0n) is 16.9. The van der Waals surface area contributed by atoms with Crippen molar-refractivity contribution in [2.24, 2.45) is 0 Å². The molecule has 1 N–H and O–H groups in total. The summed E-state index contributed by atoms with van der Waals surface area (Å²) in [6, 6.07) is 16.4. The van der Waals surface area contributed by atoms with E-state index in [1.54, 1.807) is 21.3 Å². The summed E-state index contributed by atoms with van der Waals surface area (Å²) in [5.74, 6) is 2.13. The van der Waals surface area contributed by atoms with Crippen LogP contribution in [0.4, 0.5) is 5.69 Å². The van der Waals surface area contributed by atoms with Gasteiger partial charge < -0.3 is 19.5 Å². The summed E-state index contributed by atoms with van der Waals surface area (Å²) in [4.78, 5) is 12.9. The van der Waals surface area contributed by atoms with Gasteiger partial charge in [0.1, 0.15) is 0 Å². The van der Waals surface area contributed by atoms with E-state index < -0.39 is 0 Å². The Morgan fingerprint density at radius 2 is 1.70 bits per heavy atom. The number of carbonyl (C=O) groups is 1. The summed E-state index contributed by atoms with van der Waals surface area (Å²) in [7, 11) is 4.79. The number of rotatable bonds is 4. The Morgan fingerprint density at radius 3 is 2.40 bits per heavy atom. The SMILES string of the molecule is COc1cc(C2C3=C(CSC3=O)Nc3c2ccc2ccccc32)cc(OC)c1OC. The minimum Gasteiger partial charge on any atom is -0.493 e. The predicted octanol–water partition coefficient (Wildman–Crippen LogP) is 4.95. The van der Waals surface area contributed by atoms with Gasteiger partial charge in [0.15, 0.2) is 11.5 Å². The molecule has 5 rings (SSSR count). The Balaban J connectivity index is 1.79. The quantitative estimate of drug-likeness (QED) is 0.646. The van der Waals surface area contributed by atoms with Crippen LogP contribution in [0.15, 0.2) is 59.8 Å². The number of hydrogen-bond donors (Lipinski definition) is 1. The number of methoxy groups -OCH3 is 3. The lowest BCUT2D eigenvalue weighted by atomic mass is 9.80. The lowest BCUT2D eigenvalue weighted by molar-refractivity contribution is -0.107. The maximum Gasteiger partial charge on any atom is 0.218 e. The van der Waals surface area contributed by atoms with Crippen molar-refractivity contribution in [3.63, 3.8) is 0 Å². The first-order valence-corrected chi connectivity index (χ1v) is 10.6. The van der Waals surface area contributed by atoms with Crippen molar-refractivity contribution >= 4 is 33.3 Å². The van der Waals surface area contributed by atoms with Gasteiger partial charge in [-0.05, 0) is 28.6 Å². The lowest BCUT2D eigenvalue weighted by Crippen LogP contribution is -2.20. The molecule has 2 aliphatic rings. The average molecular weight is 420 g/mol. The second-order valence-corrected chi connectivity index (χ2v) is 8.18. The summed E-state index contributed by atoms with van der Waals surface area (Å²) in [6.45, 7) is 0. The summed E-state index contributed by atoms with van der Waals surface area (Å²) in [5, 5.41) is 5.97. The molecule has 3 aromatic rings. The summed E-state index contributed by atoms with van der Waals surface area (Å²) >= 11 is 1.34. The van der Waals surface area contributed by atoms with Gasteiger partial charge in [0.25, 0.3) is 0 Å². The standard InChI is InChI=1S/C24H21NO4S/c1-27-18-10-14(11-19(28-2)23(18)29-3)20-16-9-8-13-6-4-5-7-15(13)22(16)25-17-12-30-24(26)21(17)20/h4-11,20,25H,12H2,1-3H3. The maximum atomic E-state index is 12.9. The van der Waals surface area contributed by atoms with Gasteiger partial charge in [0, 0.05) is 28.3 Å². The van der Waals surface area contributed by atoms with E-state index in [1.165, 1.54) is 11.8 Å². The van der Waals surface area contributed by atoms with Gasteiger partial charge in [-0.2, -0.15) is 0 Å². The van der Waals surface area contributed by atoms with E-state index in [9.17, 15) is 4.79 Å². The van der Waals surface area contributed by atoms with Crippen LogP contribution >= 0.6 is 11.8 Å². The van der Waals surface area contributed by atoms with Crippen molar-refractivity contribution in [1.29, 1.82) is 0 Å². The molecule has 1 atom stereocenters. The summed E-state index contributed by atoms with van der Waals surface area (Å²) in [5.41, 5.74) is 4.84. The van der Waals surface area contributed by atoms with Gasteiger partial charge in [-0.1, -0.05) is 48.2 Å². The van der Waals surface area contributed by atoms with E-state index in [0.29, 0.717) is 23.0 Å². The molecule has 2 aliphatic heterocycles. The third kappa shape index (κ3) is 2.75. The largest absolute Gasteiger partial charge is 0.493 e. The number of carbonyl (C=O) groups excluding carboxylic acids is 1. The molecule has 1 unspecified atom stereocenters. The first-order valence-electron chi connectivity index (χ1n) is 9.65. The number of benzene rings is 3. The van der Waals surface area contributed by atoms with Gasteiger partial charge in [0.05, 0.1) is 27.0 Å². The highest BCUT2D eigenvalue weighted by Crippen LogP contribution is 2.51. The van der Waals surface area contributed by atoms with Crippen molar-refractivity contribution in [3.8, 4) is 17.2 Å². The Bertz CT molecular complexity index is 1190. The van der Waals surface area contributed by atoms with E-state index in [0.717, 1.165) is 38.9 Å². The number of fused-ring (bicyclic) bond motifs is 3. The second-order valence-electron chi connectivity index (χ2n) is 7.24. The van der Waals surface area contributed by atoms with Crippen LogP contribution in [-0.2, 0) is 4.79 Å². The van der Waals surface area contributed by atoms with Gasteiger partial charge in [-0.15, -0.1) is 0 Å². The predicted molar refractivity (Wildman–Crippen MR) is 120 cm³/mol. The fourth-order valence-corrected chi connectivity index (χ4v) is 5.30. The molecule has 0 fully saturated rings. The zero-order chi connectivity index (χ0) is 20.8. The monoisotopic (exact) mass is 419 g/mol. The van der Waals surface area contributed by atoms with Gasteiger partial charge in [-0.3, -0.25) is 4.79 Å². The van der Waals surface area contributed by atoms with Gasteiger partial charge in [-0.25, -0.2) is 0 Å². The van der Waals surface area contributed by atoms with E-state index in [-0.39, 0.29) is 11.0 Å². The fourth-order valence-electron chi connectivity index (χ4n) is 4.40. The average Bonchev–Trinajstić information content (AvgIpc) is 3.16. The van der Waals surface area contributed by atoms with E-state index in [2.05, 4.69) is 29.6 Å². The second kappa shape index (κ2) is 7.29. The summed E-state index contributed by atoms with van der Waals surface area (Å²) < 4.78 is 16.6. The number of hydrogen-bond acceptors (Lipinski definition) is 6. The van der Waals surface area contributed by atoms with Crippen LogP contribution in [0.5, 0.6) is 17.2 Å². The molecule has 0 saturated heterocycles. The Morgan fingerprint density at radius 1 is 0.967 bits per heavy atom. The number of anilines is 1. The molecule has 0 amide bonds. The van der Waals surface area contributed by atoms with Crippen LogP contribution in [0.3, 0.4) is 0 Å². The Hall–Kier alpha value is -3.12. The van der Waals surface area contributed by atoms with Crippen molar-refractivity contribution in [2.45, 2.75) is 5.92 Å². The number of nitrogens with one attached hydrogen (secondary N) is 1. The molecule has 0 aliphatic carbocycles. The molecule has 0 bridgehead atoms. The van der Waals surface area contributed by atoms with Crippen LogP contribution in [0.1, 0.15) is 17.0 Å². The Labute approximate surface area is 179 Å². The minimum absolute atomic E-state index is 0.107. The highest BCUT2D eigenvalue weighted by Gasteiger charge is 2.38. The maximum absolute atomic E-state index is 12.9. The number of ether oxygens (including phenoxy) is 3. The van der Waals surface area contributed by atoms with E-state index in [1.807, 2.05) is 24.3 Å². The molecule has 0 aromatic heterocycles. The molecule has 0 radical (unpaired) electrons. The molecule has 0 saturated carbocycles. The molecule has 0 spiro atoms. The molecule has 5 nitrogen and oxygen atoms in total. The lowest BCUT2D eigenvalue weighted by Gasteiger charge is -2.30. The Kier molecular flexibility index (Phi) is 4.59. The zero-order valence-corrected chi connectivity index (χ0v) is 17.8. The fraction of sp³-hybridized carbons (Fsp3) is 0.208. The highest BCUT2D eigenvalue weighted by atomic mass is 32.2. The van der Waals surface area contributed by atoms with Gasteiger partial charge in [0.2, 0.25) is 10.9 Å². The normalized spacial score (nSPS) is 17.4. The first kappa shape index (κ1) is 18.9. The number of thioether (sulfide) groups is 1. The topological polar surface area (TPSA) is 56.8 Å². The summed E-state index contributed by atoms with van der Waals surface area (Å²) in [6.07, 6.45) is 0. The molecule has 3 aromatic carbocycles. The van der Waals surface area contributed by atoms with Crippen molar-refractivity contribution in [2.75, 3.05) is 32.4 Å². The van der Waals surface area contributed by atoms with Crippen molar-refractivity contribution in [1.82, 2.24) is 0 Å². The first-order chi connectivity index (χ1) is 14.7. The smallest absolute Gasteiger partial charge is 0.218 e. The molecule has 30 heavy (non-hydrogen) atoms. The van der Waals surface area contributed by atoms with Crippen LogP contribution in [-0.4, -0.2) is 32.2 Å². The van der Waals surface area contributed by atoms with Crippen LogP contribution in [0, 0.1) is 0 Å². The molecule has 152 valence electrons. The third-order valence-corrected chi connectivity index (χ3v) is 6.66.